The summed E-state index contributed by atoms with van der Waals surface area (Å²) in [4.78, 5) is 4.02. The molecule has 0 saturated heterocycles. The van der Waals surface area contributed by atoms with Gasteiger partial charge in [-0.1, -0.05) is 13.8 Å². The van der Waals surface area contributed by atoms with Crippen LogP contribution >= 0.6 is 0 Å². The van der Waals surface area contributed by atoms with Crippen LogP contribution in [0.1, 0.15) is 25.8 Å². The molecule has 1 aromatic heterocycles. The summed E-state index contributed by atoms with van der Waals surface area (Å²) in [6.07, 6.45) is 2.91. The van der Waals surface area contributed by atoms with Crippen LogP contribution in [0, 0.1) is 5.92 Å². The Morgan fingerprint density at radius 3 is 2.80 bits per heavy atom. The Morgan fingerprint density at radius 1 is 1.47 bits per heavy atom. The molecule has 0 fully saturated rings. The molecule has 0 aliphatic rings. The predicted octanol–water partition coefficient (Wildman–Crippen LogP) is 2.04. The molecular weight excluding hydrogens is 190 g/mol. The molecule has 1 atom stereocenters. The first-order chi connectivity index (χ1) is 7.11. The highest BCUT2D eigenvalue weighted by atomic mass is 16.5. The van der Waals surface area contributed by atoms with E-state index in [4.69, 9.17) is 4.74 Å². The molecule has 0 aliphatic heterocycles. The van der Waals surface area contributed by atoms with Crippen molar-refractivity contribution in [3.05, 3.63) is 23.9 Å². The van der Waals surface area contributed by atoms with Gasteiger partial charge in [0.05, 0.1) is 13.2 Å². The Labute approximate surface area is 91.1 Å². The first kappa shape index (κ1) is 12.0. The van der Waals surface area contributed by atoms with Gasteiger partial charge < -0.3 is 9.84 Å². The van der Waals surface area contributed by atoms with E-state index in [0.717, 1.165) is 12.0 Å². The summed E-state index contributed by atoms with van der Waals surface area (Å²) in [5.41, 5.74) is 1.06. The van der Waals surface area contributed by atoms with Crippen molar-refractivity contribution in [3.63, 3.8) is 0 Å². The molecule has 84 valence electrons. The number of aliphatic hydroxyl groups excluding tert-OH is 1. The molecule has 1 heterocycles. The van der Waals surface area contributed by atoms with Crippen LogP contribution in [-0.2, 0) is 6.42 Å². The zero-order chi connectivity index (χ0) is 11.3. The molecule has 0 saturated carbocycles. The first-order valence-corrected chi connectivity index (χ1v) is 5.28. The minimum absolute atomic E-state index is 0.280. The Balaban J connectivity index is 2.55. The van der Waals surface area contributed by atoms with Crippen molar-refractivity contribution < 1.29 is 9.84 Å². The van der Waals surface area contributed by atoms with Gasteiger partial charge in [-0.05, 0) is 30.4 Å². The van der Waals surface area contributed by atoms with Gasteiger partial charge in [-0.25, -0.2) is 4.98 Å². The van der Waals surface area contributed by atoms with Crippen molar-refractivity contribution in [3.8, 4) is 5.88 Å². The Hall–Kier alpha value is -1.09. The normalized spacial score (nSPS) is 12.9. The summed E-state index contributed by atoms with van der Waals surface area (Å²) >= 11 is 0. The Morgan fingerprint density at radius 2 is 2.20 bits per heavy atom. The summed E-state index contributed by atoms with van der Waals surface area (Å²) in [5.74, 6) is 1.12. The minimum atomic E-state index is -0.280. The summed E-state index contributed by atoms with van der Waals surface area (Å²) in [7, 11) is 1.59. The van der Waals surface area contributed by atoms with Gasteiger partial charge in [-0.2, -0.15) is 0 Å². The maximum absolute atomic E-state index is 9.78. The monoisotopic (exact) mass is 209 g/mol. The number of hydrogen-bond donors (Lipinski definition) is 1. The summed E-state index contributed by atoms with van der Waals surface area (Å²) < 4.78 is 5.02. The average molecular weight is 209 g/mol. The molecule has 3 heteroatoms. The third kappa shape index (κ3) is 4.30. The van der Waals surface area contributed by atoms with Crippen LogP contribution in [0.2, 0.25) is 0 Å². The first-order valence-electron chi connectivity index (χ1n) is 5.28. The lowest BCUT2D eigenvalue weighted by Crippen LogP contribution is -2.13. The van der Waals surface area contributed by atoms with E-state index in [0.29, 0.717) is 18.2 Å². The van der Waals surface area contributed by atoms with Gasteiger partial charge in [0.15, 0.2) is 0 Å². The third-order valence-corrected chi connectivity index (χ3v) is 2.22. The van der Waals surface area contributed by atoms with Gasteiger partial charge in [0.1, 0.15) is 0 Å². The van der Waals surface area contributed by atoms with Crippen LogP contribution in [0.5, 0.6) is 5.88 Å². The van der Waals surface area contributed by atoms with Gasteiger partial charge in [0.2, 0.25) is 5.88 Å². The van der Waals surface area contributed by atoms with Crippen LogP contribution in [0.25, 0.3) is 0 Å². The number of aromatic nitrogens is 1. The van der Waals surface area contributed by atoms with Crippen LogP contribution in [0.4, 0.5) is 0 Å². The second-order valence-electron chi connectivity index (χ2n) is 4.19. The van der Waals surface area contributed by atoms with Crippen molar-refractivity contribution in [2.45, 2.75) is 32.8 Å². The summed E-state index contributed by atoms with van der Waals surface area (Å²) in [6.45, 7) is 4.21. The number of aliphatic hydroxyl groups is 1. The maximum Gasteiger partial charge on any atom is 0.213 e. The number of methoxy groups -OCH3 is 1. The van der Waals surface area contributed by atoms with E-state index in [1.165, 1.54) is 0 Å². The lowest BCUT2D eigenvalue weighted by atomic mass is 10.0. The molecule has 15 heavy (non-hydrogen) atoms. The van der Waals surface area contributed by atoms with E-state index in [2.05, 4.69) is 18.8 Å². The smallest absolute Gasteiger partial charge is 0.213 e. The number of nitrogens with zero attached hydrogens (tertiary/aromatic N) is 1. The highest BCUT2D eigenvalue weighted by Crippen LogP contribution is 2.14. The average Bonchev–Trinajstić information content (AvgIpc) is 2.16. The van der Waals surface area contributed by atoms with Gasteiger partial charge in [0, 0.05) is 12.3 Å². The molecule has 1 N–H and O–H groups in total. The maximum atomic E-state index is 9.78. The fourth-order valence-electron chi connectivity index (χ4n) is 1.59. The van der Waals surface area contributed by atoms with E-state index in [1.54, 1.807) is 13.3 Å². The lowest BCUT2D eigenvalue weighted by molar-refractivity contribution is 0.149. The Bertz CT molecular complexity index is 299. The summed E-state index contributed by atoms with van der Waals surface area (Å²) in [5, 5.41) is 9.78. The largest absolute Gasteiger partial charge is 0.481 e. The van der Waals surface area contributed by atoms with Crippen molar-refractivity contribution in [2.75, 3.05) is 7.11 Å². The van der Waals surface area contributed by atoms with E-state index >= 15 is 0 Å². The number of pyridine rings is 1. The standard InChI is InChI=1S/C12H19NO2/c1-9(2)6-11(14)7-10-4-5-13-12(8-10)15-3/h4-5,8-9,11,14H,6-7H2,1-3H3. The van der Waals surface area contributed by atoms with Crippen molar-refractivity contribution in [1.29, 1.82) is 0 Å². The SMILES string of the molecule is COc1cc(CC(O)CC(C)C)ccn1. The van der Waals surface area contributed by atoms with E-state index < -0.39 is 0 Å². The van der Waals surface area contributed by atoms with Crippen molar-refractivity contribution in [2.24, 2.45) is 5.92 Å². The molecule has 0 spiro atoms. The lowest BCUT2D eigenvalue weighted by Gasteiger charge is -2.13. The van der Waals surface area contributed by atoms with Gasteiger partial charge in [-0.3, -0.25) is 0 Å². The highest BCUT2D eigenvalue weighted by molar-refractivity contribution is 5.20. The van der Waals surface area contributed by atoms with Crippen molar-refractivity contribution >= 4 is 0 Å². The number of ether oxygens (including phenoxy) is 1. The third-order valence-electron chi connectivity index (χ3n) is 2.22. The van der Waals surface area contributed by atoms with E-state index in [-0.39, 0.29) is 6.10 Å². The highest BCUT2D eigenvalue weighted by Gasteiger charge is 2.08. The van der Waals surface area contributed by atoms with Gasteiger partial charge in [-0.15, -0.1) is 0 Å². The second-order valence-corrected chi connectivity index (χ2v) is 4.19. The van der Waals surface area contributed by atoms with Crippen LogP contribution in [-0.4, -0.2) is 23.3 Å². The molecule has 1 unspecified atom stereocenters. The molecule has 0 aliphatic carbocycles. The fraction of sp³-hybridized carbons (Fsp3) is 0.583. The molecule has 0 amide bonds. The fourth-order valence-corrected chi connectivity index (χ4v) is 1.59. The molecule has 1 aromatic rings. The summed E-state index contributed by atoms with van der Waals surface area (Å²) in [6, 6.07) is 3.77. The molecular formula is C12H19NO2. The topological polar surface area (TPSA) is 42.4 Å². The van der Waals surface area contributed by atoms with E-state index in [1.807, 2.05) is 12.1 Å². The van der Waals surface area contributed by atoms with Gasteiger partial charge >= 0.3 is 0 Å². The minimum Gasteiger partial charge on any atom is -0.481 e. The zero-order valence-corrected chi connectivity index (χ0v) is 9.60. The van der Waals surface area contributed by atoms with E-state index in [9.17, 15) is 5.11 Å². The predicted molar refractivity (Wildman–Crippen MR) is 60.0 cm³/mol. The van der Waals surface area contributed by atoms with Crippen LogP contribution in [0.15, 0.2) is 18.3 Å². The van der Waals surface area contributed by atoms with Crippen LogP contribution < -0.4 is 4.74 Å². The molecule has 0 radical (unpaired) electrons. The molecule has 3 nitrogen and oxygen atoms in total. The van der Waals surface area contributed by atoms with Crippen molar-refractivity contribution in [1.82, 2.24) is 4.98 Å². The molecule has 0 aromatic carbocycles. The molecule has 1 rings (SSSR count). The van der Waals surface area contributed by atoms with Crippen LogP contribution in [0.3, 0.4) is 0 Å². The Kier molecular flexibility index (Phi) is 4.56. The number of rotatable bonds is 5. The number of hydrogen-bond acceptors (Lipinski definition) is 3. The molecule has 0 bridgehead atoms. The second kappa shape index (κ2) is 5.71. The van der Waals surface area contributed by atoms with Gasteiger partial charge in [0.25, 0.3) is 0 Å². The zero-order valence-electron chi connectivity index (χ0n) is 9.60. The quantitative estimate of drug-likeness (QED) is 0.807.